The lowest BCUT2D eigenvalue weighted by molar-refractivity contribution is -0.0396. The van der Waals surface area contributed by atoms with Gasteiger partial charge in [-0.2, -0.15) is 4.31 Å². The van der Waals surface area contributed by atoms with Crippen LogP contribution in [0.25, 0.3) is 0 Å². The number of piperidine rings is 1. The molecule has 1 amide bonds. The van der Waals surface area contributed by atoms with Gasteiger partial charge in [0.25, 0.3) is 0 Å². The number of ether oxygens (including phenoxy) is 1. The standard InChI is InChI=1S/C14H26N2O5S/c1-13(2,3)22(19,20)15(4)11-9-14(21-10-11)5-7-16(8-6-14)12(17)18/h11H,5-10H2,1-4H3,(H,17,18)/t11-/m1/s1. The molecule has 2 heterocycles. The van der Waals surface area contributed by atoms with Gasteiger partial charge in [0.2, 0.25) is 10.0 Å². The second-order valence-electron chi connectivity index (χ2n) is 7.26. The minimum atomic E-state index is -3.39. The molecule has 0 unspecified atom stereocenters. The molecular formula is C14H26N2O5S. The number of rotatable bonds is 2. The lowest BCUT2D eigenvalue weighted by Crippen LogP contribution is -2.48. The van der Waals surface area contributed by atoms with Crippen molar-refractivity contribution in [1.82, 2.24) is 9.21 Å². The predicted molar refractivity (Wildman–Crippen MR) is 82.4 cm³/mol. The third-order valence-electron chi connectivity index (χ3n) is 4.80. The van der Waals surface area contributed by atoms with Crippen molar-refractivity contribution in [2.45, 2.75) is 56.4 Å². The highest BCUT2D eigenvalue weighted by Crippen LogP contribution is 2.38. The van der Waals surface area contributed by atoms with Gasteiger partial charge in [-0.25, -0.2) is 13.2 Å². The Balaban J connectivity index is 2.03. The number of nitrogens with zero attached hydrogens (tertiary/aromatic N) is 2. The van der Waals surface area contributed by atoms with Crippen LogP contribution in [0.2, 0.25) is 0 Å². The highest BCUT2D eigenvalue weighted by Gasteiger charge is 2.47. The first kappa shape index (κ1) is 17.5. The van der Waals surface area contributed by atoms with E-state index in [4.69, 9.17) is 9.84 Å². The second-order valence-corrected chi connectivity index (χ2v) is 10.0. The van der Waals surface area contributed by atoms with E-state index in [1.807, 2.05) is 0 Å². The van der Waals surface area contributed by atoms with Crippen molar-refractivity contribution in [1.29, 1.82) is 0 Å². The zero-order chi connectivity index (χ0) is 16.8. The number of carbonyl (C=O) groups is 1. The zero-order valence-corrected chi connectivity index (χ0v) is 14.5. The lowest BCUT2D eigenvalue weighted by atomic mass is 9.87. The second kappa shape index (κ2) is 5.65. The van der Waals surface area contributed by atoms with Gasteiger partial charge >= 0.3 is 6.09 Å². The molecular weight excluding hydrogens is 308 g/mol. The summed E-state index contributed by atoms with van der Waals surface area (Å²) in [5.41, 5.74) is -0.377. The van der Waals surface area contributed by atoms with E-state index in [1.165, 1.54) is 9.21 Å². The van der Waals surface area contributed by atoms with Crippen LogP contribution < -0.4 is 0 Å². The van der Waals surface area contributed by atoms with Gasteiger partial charge < -0.3 is 14.7 Å². The fraction of sp³-hybridized carbons (Fsp3) is 0.929. The molecule has 0 aromatic rings. The van der Waals surface area contributed by atoms with Gasteiger partial charge in [-0.05, 0) is 40.0 Å². The van der Waals surface area contributed by atoms with Gasteiger partial charge in [-0.3, -0.25) is 0 Å². The normalized spacial score (nSPS) is 25.9. The zero-order valence-electron chi connectivity index (χ0n) is 13.7. The molecule has 7 nitrogen and oxygen atoms in total. The van der Waals surface area contributed by atoms with E-state index in [0.29, 0.717) is 39.0 Å². The van der Waals surface area contributed by atoms with E-state index in [1.54, 1.807) is 27.8 Å². The fourth-order valence-corrected chi connectivity index (χ4v) is 4.53. The number of hydrogen-bond donors (Lipinski definition) is 1. The summed E-state index contributed by atoms with van der Waals surface area (Å²) in [5, 5.41) is 9.00. The number of likely N-dealkylation sites (N-methyl/N-ethyl adjacent to an activating group) is 1. The smallest absolute Gasteiger partial charge is 0.407 e. The molecule has 2 saturated heterocycles. The summed E-state index contributed by atoms with van der Waals surface area (Å²) in [6.07, 6.45) is 0.974. The van der Waals surface area contributed by atoms with E-state index in [-0.39, 0.29) is 11.6 Å². The van der Waals surface area contributed by atoms with E-state index in [2.05, 4.69) is 0 Å². The molecule has 0 saturated carbocycles. The van der Waals surface area contributed by atoms with Crippen LogP contribution in [0.5, 0.6) is 0 Å². The van der Waals surface area contributed by atoms with Crippen molar-refractivity contribution >= 4 is 16.1 Å². The molecule has 0 aromatic carbocycles. The van der Waals surface area contributed by atoms with Gasteiger partial charge in [0.05, 0.1) is 23.0 Å². The Bertz CT molecular complexity index is 532. The number of likely N-dealkylation sites (tertiary alicyclic amines) is 1. The van der Waals surface area contributed by atoms with Crippen molar-refractivity contribution in [2.24, 2.45) is 0 Å². The summed E-state index contributed by atoms with van der Waals surface area (Å²) in [7, 11) is -1.78. The van der Waals surface area contributed by atoms with Crippen molar-refractivity contribution < 1.29 is 23.1 Å². The Labute approximate surface area is 132 Å². The fourth-order valence-electron chi connectivity index (χ4n) is 3.14. The molecule has 0 radical (unpaired) electrons. The van der Waals surface area contributed by atoms with Crippen LogP contribution in [0.4, 0.5) is 4.79 Å². The van der Waals surface area contributed by atoms with Crippen LogP contribution in [0.3, 0.4) is 0 Å². The van der Waals surface area contributed by atoms with Crippen molar-refractivity contribution in [2.75, 3.05) is 26.7 Å². The maximum atomic E-state index is 12.5. The van der Waals surface area contributed by atoms with E-state index >= 15 is 0 Å². The first-order chi connectivity index (χ1) is 9.98. The van der Waals surface area contributed by atoms with Crippen LogP contribution >= 0.6 is 0 Å². The van der Waals surface area contributed by atoms with E-state index < -0.39 is 20.9 Å². The maximum absolute atomic E-state index is 12.5. The number of amides is 1. The molecule has 2 aliphatic rings. The molecule has 1 spiro atoms. The Hall–Kier alpha value is -0.860. The summed E-state index contributed by atoms with van der Waals surface area (Å²) in [6, 6.07) is -0.180. The van der Waals surface area contributed by atoms with Gasteiger partial charge in [0.1, 0.15) is 0 Å². The Morgan fingerprint density at radius 1 is 1.32 bits per heavy atom. The number of hydrogen-bond acceptors (Lipinski definition) is 4. The molecule has 8 heteroatoms. The highest BCUT2D eigenvalue weighted by molar-refractivity contribution is 7.90. The molecule has 2 aliphatic heterocycles. The van der Waals surface area contributed by atoms with Crippen molar-refractivity contribution in [3.05, 3.63) is 0 Å². The van der Waals surface area contributed by atoms with Gasteiger partial charge in [-0.15, -0.1) is 0 Å². The quantitative estimate of drug-likeness (QED) is 0.823. The van der Waals surface area contributed by atoms with E-state index in [0.717, 1.165) is 0 Å². The summed E-state index contributed by atoms with van der Waals surface area (Å²) < 4.78 is 31.6. The van der Waals surface area contributed by atoms with Crippen LogP contribution in [-0.4, -0.2) is 72.0 Å². The molecule has 1 atom stereocenters. The summed E-state index contributed by atoms with van der Waals surface area (Å²) >= 11 is 0. The van der Waals surface area contributed by atoms with Crippen LogP contribution in [0, 0.1) is 0 Å². The van der Waals surface area contributed by atoms with Gasteiger partial charge in [0.15, 0.2) is 0 Å². The molecule has 2 fully saturated rings. The minimum Gasteiger partial charge on any atom is -0.465 e. The molecule has 0 aromatic heterocycles. The first-order valence-electron chi connectivity index (χ1n) is 7.58. The van der Waals surface area contributed by atoms with Crippen LogP contribution in [0.15, 0.2) is 0 Å². The lowest BCUT2D eigenvalue weighted by Gasteiger charge is -2.38. The largest absolute Gasteiger partial charge is 0.465 e. The Morgan fingerprint density at radius 2 is 1.86 bits per heavy atom. The highest BCUT2D eigenvalue weighted by atomic mass is 32.2. The molecule has 0 bridgehead atoms. The van der Waals surface area contributed by atoms with Crippen LogP contribution in [-0.2, 0) is 14.8 Å². The summed E-state index contributed by atoms with van der Waals surface area (Å²) in [4.78, 5) is 12.4. The molecule has 2 rings (SSSR count). The average Bonchev–Trinajstić information content (AvgIpc) is 2.81. The Kier molecular flexibility index (Phi) is 4.49. The van der Waals surface area contributed by atoms with Gasteiger partial charge in [-0.1, -0.05) is 0 Å². The molecule has 22 heavy (non-hydrogen) atoms. The maximum Gasteiger partial charge on any atom is 0.407 e. The predicted octanol–water partition coefficient (Wildman–Crippen LogP) is 1.35. The average molecular weight is 334 g/mol. The number of sulfonamides is 1. The van der Waals surface area contributed by atoms with Gasteiger partial charge in [0, 0.05) is 20.1 Å². The topological polar surface area (TPSA) is 87.2 Å². The molecule has 1 N–H and O–H groups in total. The van der Waals surface area contributed by atoms with Crippen LogP contribution in [0.1, 0.15) is 40.0 Å². The minimum absolute atomic E-state index is 0.180. The van der Waals surface area contributed by atoms with Crippen molar-refractivity contribution in [3.63, 3.8) is 0 Å². The summed E-state index contributed by atoms with van der Waals surface area (Å²) in [5.74, 6) is 0. The first-order valence-corrected chi connectivity index (χ1v) is 9.02. The van der Waals surface area contributed by atoms with Crippen molar-refractivity contribution in [3.8, 4) is 0 Å². The SMILES string of the molecule is CN([C@H]1COC2(CCN(C(=O)O)CC2)C1)S(=O)(=O)C(C)(C)C. The van der Waals surface area contributed by atoms with E-state index in [9.17, 15) is 13.2 Å². The third kappa shape index (κ3) is 3.09. The molecule has 128 valence electrons. The molecule has 0 aliphatic carbocycles. The number of carboxylic acid groups (broad SMARTS) is 1. The third-order valence-corrected chi connectivity index (χ3v) is 7.41. The summed E-state index contributed by atoms with van der Waals surface area (Å²) in [6.45, 7) is 6.33. The monoisotopic (exact) mass is 334 g/mol. The Morgan fingerprint density at radius 3 is 2.32 bits per heavy atom.